The zero-order chi connectivity index (χ0) is 23.7. The summed E-state index contributed by atoms with van der Waals surface area (Å²) in [5.41, 5.74) is -0.605. The van der Waals surface area contributed by atoms with Crippen LogP contribution in [-0.4, -0.2) is 70.3 Å². The highest BCUT2D eigenvalue weighted by Gasteiger charge is 2.43. The van der Waals surface area contributed by atoms with Crippen molar-refractivity contribution in [2.45, 2.75) is 38.6 Å². The van der Waals surface area contributed by atoms with Crippen molar-refractivity contribution in [1.29, 1.82) is 0 Å². The number of carbonyl (C=O) groups is 2. The second-order valence-corrected chi connectivity index (χ2v) is 8.39. The number of pyridine rings is 1. The van der Waals surface area contributed by atoms with Gasteiger partial charge in [0.1, 0.15) is 17.5 Å². The molecule has 1 saturated heterocycles. The van der Waals surface area contributed by atoms with Gasteiger partial charge in [0.25, 0.3) is 11.8 Å². The fourth-order valence-electron chi connectivity index (χ4n) is 4.48. The van der Waals surface area contributed by atoms with E-state index in [2.05, 4.69) is 10.2 Å². The van der Waals surface area contributed by atoms with Gasteiger partial charge in [-0.3, -0.25) is 19.3 Å². The first-order chi connectivity index (χ1) is 15.8. The number of methoxy groups -OCH3 is 1. The molecule has 9 nitrogen and oxygen atoms in total. The van der Waals surface area contributed by atoms with Crippen molar-refractivity contribution in [1.82, 2.24) is 19.7 Å². The van der Waals surface area contributed by atoms with Crippen molar-refractivity contribution in [3.05, 3.63) is 63.3 Å². The molecule has 0 radical (unpaired) electrons. The van der Waals surface area contributed by atoms with Gasteiger partial charge in [-0.25, -0.2) is 4.39 Å². The molecular weight excluding hydrogens is 431 g/mol. The molecule has 1 fully saturated rings. The number of carbonyl (C=O) groups excluding carboxylic acids is 2. The molecule has 3 heterocycles. The predicted octanol–water partition coefficient (Wildman–Crippen LogP) is 1.15. The average molecular weight is 458 g/mol. The van der Waals surface area contributed by atoms with Gasteiger partial charge >= 0.3 is 0 Å². The summed E-state index contributed by atoms with van der Waals surface area (Å²) in [5.74, 6) is -2.24. The molecule has 1 aromatic carbocycles. The van der Waals surface area contributed by atoms with Crippen LogP contribution in [-0.2, 0) is 17.8 Å². The fraction of sp³-hybridized carbons (Fsp3) is 0.435. The monoisotopic (exact) mass is 458 g/mol. The number of aromatic hydroxyl groups is 1. The molecule has 2 unspecified atom stereocenters. The molecule has 2 aliphatic rings. The van der Waals surface area contributed by atoms with Gasteiger partial charge in [0.15, 0.2) is 11.4 Å². The molecule has 0 bridgehead atoms. The number of rotatable bonds is 6. The van der Waals surface area contributed by atoms with Crippen LogP contribution in [0, 0.1) is 5.82 Å². The Morgan fingerprint density at radius 1 is 1.27 bits per heavy atom. The zero-order valence-electron chi connectivity index (χ0n) is 18.6. The number of nitrogens with one attached hydrogen (secondary N) is 1. The Labute approximate surface area is 190 Å². The van der Waals surface area contributed by atoms with E-state index in [1.165, 1.54) is 35.0 Å². The second kappa shape index (κ2) is 9.32. The number of fused-ring (bicyclic) bond motifs is 2. The van der Waals surface area contributed by atoms with E-state index >= 15 is 0 Å². The maximum atomic E-state index is 13.3. The second-order valence-electron chi connectivity index (χ2n) is 8.39. The lowest BCUT2D eigenvalue weighted by Gasteiger charge is -2.50. The summed E-state index contributed by atoms with van der Waals surface area (Å²) in [7, 11) is 1.62. The molecule has 2 N–H and O–H groups in total. The largest absolute Gasteiger partial charge is 0.503 e. The minimum atomic E-state index is -0.898. The molecule has 0 spiro atoms. The van der Waals surface area contributed by atoms with Gasteiger partial charge in [-0.05, 0) is 31.0 Å². The van der Waals surface area contributed by atoms with Gasteiger partial charge < -0.3 is 24.6 Å². The Hall–Kier alpha value is -3.24. The van der Waals surface area contributed by atoms with Crippen LogP contribution in [0.5, 0.6) is 5.75 Å². The van der Waals surface area contributed by atoms with E-state index in [4.69, 9.17) is 4.74 Å². The van der Waals surface area contributed by atoms with Crippen molar-refractivity contribution < 1.29 is 23.8 Å². The van der Waals surface area contributed by atoms with Gasteiger partial charge in [-0.15, -0.1) is 0 Å². The van der Waals surface area contributed by atoms with E-state index in [0.29, 0.717) is 25.3 Å². The zero-order valence-corrected chi connectivity index (χ0v) is 18.6. The molecule has 2 aromatic rings. The Balaban J connectivity index is 1.63. The number of hydrogen-bond acceptors (Lipinski definition) is 6. The molecule has 2 atom stereocenters. The third-order valence-corrected chi connectivity index (χ3v) is 6.30. The molecule has 0 saturated carbocycles. The topological polar surface area (TPSA) is 104 Å². The molecule has 1 aromatic heterocycles. The van der Waals surface area contributed by atoms with E-state index in [9.17, 15) is 23.9 Å². The van der Waals surface area contributed by atoms with Crippen LogP contribution >= 0.6 is 0 Å². The van der Waals surface area contributed by atoms with Crippen molar-refractivity contribution in [2.24, 2.45) is 0 Å². The van der Waals surface area contributed by atoms with Gasteiger partial charge in [-0.1, -0.05) is 12.1 Å². The molecular formula is C23H27FN4O5. The number of amides is 2. The quantitative estimate of drug-likeness (QED) is 0.673. The lowest BCUT2D eigenvalue weighted by Crippen LogP contribution is -2.64. The van der Waals surface area contributed by atoms with Gasteiger partial charge in [0, 0.05) is 39.0 Å². The van der Waals surface area contributed by atoms with Crippen LogP contribution in [0.25, 0.3) is 0 Å². The van der Waals surface area contributed by atoms with Crippen LogP contribution < -0.4 is 10.7 Å². The summed E-state index contributed by atoms with van der Waals surface area (Å²) in [5, 5.41) is 13.2. The molecule has 33 heavy (non-hydrogen) atoms. The highest BCUT2D eigenvalue weighted by atomic mass is 19.1. The Kier molecular flexibility index (Phi) is 6.48. The summed E-state index contributed by atoms with van der Waals surface area (Å²) in [6, 6.07) is 5.55. The number of benzene rings is 1. The Bertz CT molecular complexity index is 1120. The van der Waals surface area contributed by atoms with E-state index in [1.807, 2.05) is 6.92 Å². The van der Waals surface area contributed by atoms with Gasteiger partial charge in [-0.2, -0.15) is 0 Å². The molecule has 2 amide bonds. The molecule has 10 heteroatoms. The van der Waals surface area contributed by atoms with E-state index in [1.54, 1.807) is 12.0 Å². The first-order valence-electron chi connectivity index (χ1n) is 10.9. The van der Waals surface area contributed by atoms with Crippen LogP contribution in [0.15, 0.2) is 35.3 Å². The van der Waals surface area contributed by atoms with Crippen molar-refractivity contribution in [3.63, 3.8) is 0 Å². The number of ether oxygens (including phenoxy) is 1. The van der Waals surface area contributed by atoms with Crippen LogP contribution in [0.1, 0.15) is 39.8 Å². The normalized spacial score (nSPS) is 20.3. The third kappa shape index (κ3) is 4.36. The summed E-state index contributed by atoms with van der Waals surface area (Å²) in [4.78, 5) is 42.6. The molecule has 0 aliphatic carbocycles. The summed E-state index contributed by atoms with van der Waals surface area (Å²) in [6.07, 6.45) is 1.82. The van der Waals surface area contributed by atoms with Gasteiger partial charge in [0.05, 0.1) is 13.2 Å². The van der Waals surface area contributed by atoms with Crippen LogP contribution in [0.2, 0.25) is 0 Å². The lowest BCUT2D eigenvalue weighted by molar-refractivity contribution is -0.0396. The highest BCUT2D eigenvalue weighted by Crippen LogP contribution is 2.30. The lowest BCUT2D eigenvalue weighted by atomic mass is 10.0. The fourth-order valence-corrected chi connectivity index (χ4v) is 4.48. The van der Waals surface area contributed by atoms with Crippen molar-refractivity contribution in [3.8, 4) is 5.75 Å². The number of nitrogens with zero attached hydrogens (tertiary/aromatic N) is 3. The Morgan fingerprint density at radius 3 is 2.70 bits per heavy atom. The standard InChI is InChI=1S/C23H27FN4O5/c1-14-7-8-26(9-10-33-2)18-13-27-12-17(20(29)21(30)19(27)23(32)28(14)18)22(31)25-11-15-3-5-16(24)6-4-15/h3-6,12,14,18,30H,7-11,13H2,1-2H3,(H,25,31). The smallest absolute Gasteiger partial charge is 0.276 e. The van der Waals surface area contributed by atoms with Crippen molar-refractivity contribution in [2.75, 3.05) is 26.8 Å². The third-order valence-electron chi connectivity index (χ3n) is 6.30. The van der Waals surface area contributed by atoms with E-state index in [0.717, 1.165) is 13.0 Å². The molecule has 4 rings (SSSR count). The SMILES string of the molecule is COCCN1CCC(C)N2C(=O)c3c(O)c(=O)c(C(=O)NCc4ccc(F)cc4)cn3CC12. The summed E-state index contributed by atoms with van der Waals surface area (Å²) in [6.45, 7) is 4.25. The van der Waals surface area contributed by atoms with Crippen molar-refractivity contribution >= 4 is 11.8 Å². The van der Waals surface area contributed by atoms with Gasteiger partial charge in [0.2, 0.25) is 5.43 Å². The maximum Gasteiger partial charge on any atom is 0.276 e. The van der Waals surface area contributed by atoms with E-state index < -0.39 is 28.8 Å². The first kappa shape index (κ1) is 22.9. The predicted molar refractivity (Wildman–Crippen MR) is 117 cm³/mol. The molecule has 2 aliphatic heterocycles. The summed E-state index contributed by atoms with van der Waals surface area (Å²) < 4.78 is 19.8. The number of hydrogen-bond donors (Lipinski definition) is 2. The average Bonchev–Trinajstić information content (AvgIpc) is 2.80. The first-order valence-corrected chi connectivity index (χ1v) is 10.9. The Morgan fingerprint density at radius 2 is 2.00 bits per heavy atom. The number of aromatic nitrogens is 1. The molecule has 176 valence electrons. The van der Waals surface area contributed by atoms with Crippen LogP contribution in [0.4, 0.5) is 4.39 Å². The highest BCUT2D eigenvalue weighted by molar-refractivity contribution is 5.99. The maximum absolute atomic E-state index is 13.3. The minimum Gasteiger partial charge on any atom is -0.503 e. The number of halogens is 1. The summed E-state index contributed by atoms with van der Waals surface area (Å²) >= 11 is 0. The van der Waals surface area contributed by atoms with E-state index in [-0.39, 0.29) is 30.0 Å². The van der Waals surface area contributed by atoms with Crippen LogP contribution in [0.3, 0.4) is 0 Å². The minimum absolute atomic E-state index is 0.0526.